The molecule has 0 fully saturated rings. The average molecular weight is 142 g/mol. The SMILES string of the molecule is C=CC(C)(C(C)=O)C(=O)O. The van der Waals surface area contributed by atoms with Crippen LogP contribution in [0.3, 0.4) is 0 Å². The number of rotatable bonds is 3. The molecule has 3 heteroatoms. The van der Waals surface area contributed by atoms with Crippen molar-refractivity contribution in [3.63, 3.8) is 0 Å². The van der Waals surface area contributed by atoms with E-state index in [-0.39, 0.29) is 0 Å². The van der Waals surface area contributed by atoms with Crippen molar-refractivity contribution in [1.29, 1.82) is 0 Å². The highest BCUT2D eigenvalue weighted by Crippen LogP contribution is 2.18. The Bertz CT molecular complexity index is 167. The molecular formula is C7H10O3. The topological polar surface area (TPSA) is 54.4 Å². The second-order valence-corrected chi connectivity index (χ2v) is 2.27. The molecule has 0 rings (SSSR count). The number of hydrogen-bond acceptors (Lipinski definition) is 2. The lowest BCUT2D eigenvalue weighted by molar-refractivity contribution is -0.149. The van der Waals surface area contributed by atoms with E-state index >= 15 is 0 Å². The summed E-state index contributed by atoms with van der Waals surface area (Å²) in [6.45, 7) is 5.83. The fourth-order valence-corrected chi connectivity index (χ4v) is 0.382. The van der Waals surface area contributed by atoms with Crippen LogP contribution < -0.4 is 0 Å². The zero-order valence-corrected chi connectivity index (χ0v) is 6.05. The number of hydrogen-bond donors (Lipinski definition) is 1. The molecule has 0 radical (unpaired) electrons. The summed E-state index contributed by atoms with van der Waals surface area (Å²) in [6, 6.07) is 0. The van der Waals surface area contributed by atoms with Crippen LogP contribution in [0.2, 0.25) is 0 Å². The minimum Gasteiger partial charge on any atom is -0.480 e. The molecule has 0 aliphatic rings. The molecule has 0 aliphatic heterocycles. The van der Waals surface area contributed by atoms with Crippen molar-refractivity contribution in [3.05, 3.63) is 12.7 Å². The van der Waals surface area contributed by atoms with Crippen LogP contribution in [-0.2, 0) is 9.59 Å². The zero-order valence-electron chi connectivity index (χ0n) is 6.05. The second-order valence-electron chi connectivity index (χ2n) is 2.27. The number of Topliss-reactive ketones (excluding diaryl/α,β-unsaturated/α-hetero) is 1. The molecule has 1 unspecified atom stereocenters. The van der Waals surface area contributed by atoms with Crippen LogP contribution >= 0.6 is 0 Å². The largest absolute Gasteiger partial charge is 0.480 e. The summed E-state index contributed by atoms with van der Waals surface area (Å²) in [7, 11) is 0. The lowest BCUT2D eigenvalue weighted by Crippen LogP contribution is -2.32. The average Bonchev–Trinajstić information content (AvgIpc) is 1.85. The van der Waals surface area contributed by atoms with Gasteiger partial charge in [0.25, 0.3) is 0 Å². The second kappa shape index (κ2) is 2.64. The van der Waals surface area contributed by atoms with E-state index in [1.807, 2.05) is 0 Å². The lowest BCUT2D eigenvalue weighted by Gasteiger charge is -2.14. The molecule has 0 saturated carbocycles. The van der Waals surface area contributed by atoms with Crippen LogP contribution in [0.1, 0.15) is 13.8 Å². The standard InChI is InChI=1S/C7H10O3/c1-4-7(3,5(2)8)6(9)10/h4H,1H2,2-3H3,(H,9,10). The molecular weight excluding hydrogens is 132 g/mol. The predicted molar refractivity (Wildman–Crippen MR) is 36.6 cm³/mol. The summed E-state index contributed by atoms with van der Waals surface area (Å²) in [5, 5.41) is 8.51. The number of carbonyl (C=O) groups excluding carboxylic acids is 1. The number of carbonyl (C=O) groups is 2. The van der Waals surface area contributed by atoms with E-state index < -0.39 is 17.2 Å². The molecule has 0 aromatic carbocycles. The molecule has 56 valence electrons. The van der Waals surface area contributed by atoms with E-state index in [1.165, 1.54) is 13.8 Å². The Balaban J connectivity index is 4.72. The van der Waals surface area contributed by atoms with Gasteiger partial charge in [0.15, 0.2) is 5.78 Å². The molecule has 0 aliphatic carbocycles. The summed E-state index contributed by atoms with van der Waals surface area (Å²) in [5.74, 6) is -1.56. The third-order valence-electron chi connectivity index (χ3n) is 1.58. The number of aliphatic carboxylic acids is 1. The monoisotopic (exact) mass is 142 g/mol. The maximum absolute atomic E-state index is 10.7. The fourth-order valence-electron chi connectivity index (χ4n) is 0.382. The van der Waals surface area contributed by atoms with Gasteiger partial charge in [0.2, 0.25) is 0 Å². The van der Waals surface area contributed by atoms with E-state index in [1.54, 1.807) is 0 Å². The molecule has 1 N–H and O–H groups in total. The Morgan fingerprint density at radius 3 is 2.00 bits per heavy atom. The first-order valence-corrected chi connectivity index (χ1v) is 2.83. The van der Waals surface area contributed by atoms with Crippen LogP contribution in [0.4, 0.5) is 0 Å². The first-order chi connectivity index (χ1) is 4.45. The predicted octanol–water partition coefficient (Wildman–Crippen LogP) is 0.852. The minimum absolute atomic E-state index is 0.407. The van der Waals surface area contributed by atoms with Crippen molar-refractivity contribution in [2.45, 2.75) is 13.8 Å². The van der Waals surface area contributed by atoms with Crippen LogP contribution in [-0.4, -0.2) is 16.9 Å². The van der Waals surface area contributed by atoms with Gasteiger partial charge < -0.3 is 5.11 Å². The van der Waals surface area contributed by atoms with Gasteiger partial charge in [-0.1, -0.05) is 6.08 Å². The molecule has 0 aromatic heterocycles. The normalized spacial score (nSPS) is 15.4. The Kier molecular flexibility index (Phi) is 2.35. The molecule has 0 heterocycles. The van der Waals surface area contributed by atoms with Crippen molar-refractivity contribution < 1.29 is 14.7 Å². The quantitative estimate of drug-likeness (QED) is 0.469. The Labute approximate surface area is 59.4 Å². The first-order valence-electron chi connectivity index (χ1n) is 2.83. The Hall–Kier alpha value is -1.12. The third-order valence-corrected chi connectivity index (χ3v) is 1.58. The molecule has 1 atom stereocenters. The number of carboxylic acids is 1. The van der Waals surface area contributed by atoms with Gasteiger partial charge in [0.1, 0.15) is 5.41 Å². The van der Waals surface area contributed by atoms with Crippen molar-refractivity contribution in [2.75, 3.05) is 0 Å². The molecule has 3 nitrogen and oxygen atoms in total. The van der Waals surface area contributed by atoms with Gasteiger partial charge in [0, 0.05) is 0 Å². The molecule has 0 bridgehead atoms. The summed E-state index contributed by atoms with van der Waals surface area (Å²) in [6.07, 6.45) is 1.14. The minimum atomic E-state index is -1.42. The summed E-state index contributed by atoms with van der Waals surface area (Å²) < 4.78 is 0. The van der Waals surface area contributed by atoms with Gasteiger partial charge >= 0.3 is 5.97 Å². The maximum atomic E-state index is 10.7. The highest BCUT2D eigenvalue weighted by atomic mass is 16.4. The summed E-state index contributed by atoms with van der Waals surface area (Å²) >= 11 is 0. The molecule has 0 aromatic rings. The molecule has 0 saturated heterocycles. The summed E-state index contributed by atoms with van der Waals surface area (Å²) in [4.78, 5) is 21.1. The molecule has 0 amide bonds. The van der Waals surface area contributed by atoms with Gasteiger partial charge in [-0.3, -0.25) is 9.59 Å². The van der Waals surface area contributed by atoms with Crippen molar-refractivity contribution >= 4 is 11.8 Å². The highest BCUT2D eigenvalue weighted by molar-refractivity contribution is 6.03. The number of ketones is 1. The molecule has 10 heavy (non-hydrogen) atoms. The lowest BCUT2D eigenvalue weighted by atomic mass is 9.87. The molecule has 0 spiro atoms. The van der Waals surface area contributed by atoms with Crippen LogP contribution in [0.15, 0.2) is 12.7 Å². The van der Waals surface area contributed by atoms with Crippen LogP contribution in [0.25, 0.3) is 0 Å². The van der Waals surface area contributed by atoms with Crippen LogP contribution in [0, 0.1) is 5.41 Å². The van der Waals surface area contributed by atoms with Gasteiger partial charge in [-0.15, -0.1) is 6.58 Å². The van der Waals surface area contributed by atoms with Crippen molar-refractivity contribution in [3.8, 4) is 0 Å². The summed E-state index contributed by atoms with van der Waals surface area (Å²) in [5.41, 5.74) is -1.42. The zero-order chi connectivity index (χ0) is 8.36. The fraction of sp³-hybridized carbons (Fsp3) is 0.429. The van der Waals surface area contributed by atoms with Gasteiger partial charge in [-0.2, -0.15) is 0 Å². The van der Waals surface area contributed by atoms with Crippen LogP contribution in [0.5, 0.6) is 0 Å². The van der Waals surface area contributed by atoms with E-state index in [9.17, 15) is 9.59 Å². The van der Waals surface area contributed by atoms with Crippen molar-refractivity contribution in [1.82, 2.24) is 0 Å². The van der Waals surface area contributed by atoms with E-state index in [2.05, 4.69) is 6.58 Å². The van der Waals surface area contributed by atoms with E-state index in [0.29, 0.717) is 0 Å². The Morgan fingerprint density at radius 1 is 1.60 bits per heavy atom. The van der Waals surface area contributed by atoms with Gasteiger partial charge in [0.05, 0.1) is 0 Å². The van der Waals surface area contributed by atoms with Gasteiger partial charge in [-0.25, -0.2) is 0 Å². The highest BCUT2D eigenvalue weighted by Gasteiger charge is 2.34. The first kappa shape index (κ1) is 8.88. The van der Waals surface area contributed by atoms with E-state index in [4.69, 9.17) is 5.11 Å². The van der Waals surface area contributed by atoms with Crippen molar-refractivity contribution in [2.24, 2.45) is 5.41 Å². The third kappa shape index (κ3) is 1.23. The van der Waals surface area contributed by atoms with E-state index in [0.717, 1.165) is 6.08 Å². The smallest absolute Gasteiger partial charge is 0.320 e. The Morgan fingerprint density at radius 2 is 2.00 bits per heavy atom. The van der Waals surface area contributed by atoms with Gasteiger partial charge in [-0.05, 0) is 13.8 Å². The maximum Gasteiger partial charge on any atom is 0.320 e. The number of carboxylic acid groups (broad SMARTS) is 1.